The van der Waals surface area contributed by atoms with Crippen LogP contribution in [0.25, 0.3) is 11.2 Å². The maximum atomic E-state index is 8.68. The lowest BCUT2D eigenvalue weighted by Gasteiger charge is -2.23. The molecule has 5 nitrogen and oxygen atoms in total. The third-order valence-corrected chi connectivity index (χ3v) is 2.73. The Bertz CT molecular complexity index is 560. The predicted molar refractivity (Wildman–Crippen MR) is 65.4 cm³/mol. The van der Waals surface area contributed by atoms with Gasteiger partial charge in [0, 0.05) is 25.5 Å². The van der Waals surface area contributed by atoms with E-state index in [0.29, 0.717) is 12.1 Å². The van der Waals surface area contributed by atoms with E-state index >= 15 is 0 Å². The average molecular weight is 227 g/mol. The Morgan fingerprint density at radius 3 is 2.88 bits per heavy atom. The van der Waals surface area contributed by atoms with Crippen molar-refractivity contribution >= 4 is 17.0 Å². The van der Waals surface area contributed by atoms with Gasteiger partial charge < -0.3 is 4.90 Å². The Morgan fingerprint density at radius 2 is 2.12 bits per heavy atom. The van der Waals surface area contributed by atoms with Crippen molar-refractivity contribution in [3.8, 4) is 6.07 Å². The molecule has 0 N–H and O–H groups in total. The second-order valence-corrected chi connectivity index (χ2v) is 3.89. The highest BCUT2D eigenvalue weighted by atomic mass is 15.2. The molecule has 0 spiro atoms. The molecule has 17 heavy (non-hydrogen) atoms. The Hall–Kier alpha value is -2.22. The van der Waals surface area contributed by atoms with Crippen LogP contribution >= 0.6 is 0 Å². The molecule has 0 aliphatic carbocycles. The van der Waals surface area contributed by atoms with Crippen molar-refractivity contribution in [3.63, 3.8) is 0 Å². The van der Waals surface area contributed by atoms with Crippen LogP contribution in [0.2, 0.25) is 0 Å². The third-order valence-electron chi connectivity index (χ3n) is 2.73. The first-order valence-corrected chi connectivity index (χ1v) is 5.40. The molecule has 1 unspecified atom stereocenters. The van der Waals surface area contributed by atoms with Gasteiger partial charge in [-0.2, -0.15) is 5.26 Å². The Balaban J connectivity index is 2.33. The van der Waals surface area contributed by atoms with E-state index in [9.17, 15) is 0 Å². The summed E-state index contributed by atoms with van der Waals surface area (Å²) >= 11 is 0. The zero-order chi connectivity index (χ0) is 12.3. The lowest BCUT2D eigenvalue weighted by molar-refractivity contribution is 0.695. The van der Waals surface area contributed by atoms with Gasteiger partial charge in [-0.3, -0.25) is 4.98 Å². The number of rotatable bonds is 3. The Labute approximate surface area is 99.7 Å². The van der Waals surface area contributed by atoms with Crippen molar-refractivity contribution in [2.75, 3.05) is 11.9 Å². The molecule has 0 aromatic carbocycles. The minimum atomic E-state index is 0.127. The summed E-state index contributed by atoms with van der Waals surface area (Å²) in [4.78, 5) is 14.7. The van der Waals surface area contributed by atoms with Crippen LogP contribution in [0, 0.1) is 11.3 Å². The van der Waals surface area contributed by atoms with Crippen LogP contribution in [0.3, 0.4) is 0 Å². The van der Waals surface area contributed by atoms with Crippen molar-refractivity contribution in [2.45, 2.75) is 19.4 Å². The van der Waals surface area contributed by atoms with Crippen LogP contribution in [0.15, 0.2) is 24.5 Å². The molecule has 5 heteroatoms. The molecule has 2 aromatic rings. The van der Waals surface area contributed by atoms with Gasteiger partial charge in [0.1, 0.15) is 11.3 Å². The van der Waals surface area contributed by atoms with Gasteiger partial charge in [0.05, 0.1) is 12.5 Å². The Morgan fingerprint density at radius 1 is 1.35 bits per heavy atom. The topological polar surface area (TPSA) is 65.7 Å². The summed E-state index contributed by atoms with van der Waals surface area (Å²) in [5, 5.41) is 8.68. The molecule has 2 rings (SSSR count). The van der Waals surface area contributed by atoms with E-state index in [1.54, 1.807) is 12.4 Å². The molecule has 0 amide bonds. The van der Waals surface area contributed by atoms with Crippen LogP contribution < -0.4 is 4.90 Å². The normalized spacial score (nSPS) is 12.1. The van der Waals surface area contributed by atoms with E-state index in [0.717, 1.165) is 11.3 Å². The summed E-state index contributed by atoms with van der Waals surface area (Å²) in [6.07, 6.45) is 3.74. The van der Waals surface area contributed by atoms with Gasteiger partial charge in [-0.1, -0.05) is 0 Å². The fraction of sp³-hybridized carbons (Fsp3) is 0.333. The number of nitriles is 1. The minimum Gasteiger partial charge on any atom is -0.356 e. The van der Waals surface area contributed by atoms with Crippen molar-refractivity contribution in [1.82, 2.24) is 15.0 Å². The highest BCUT2D eigenvalue weighted by Gasteiger charge is 2.11. The number of anilines is 1. The van der Waals surface area contributed by atoms with Gasteiger partial charge in [-0.25, -0.2) is 9.97 Å². The molecule has 0 saturated carbocycles. The molecule has 0 saturated heterocycles. The average Bonchev–Trinajstić information content (AvgIpc) is 2.37. The van der Waals surface area contributed by atoms with E-state index < -0.39 is 0 Å². The quantitative estimate of drug-likeness (QED) is 0.799. The molecule has 0 aliphatic heterocycles. The summed E-state index contributed by atoms with van der Waals surface area (Å²) in [5.41, 5.74) is 1.40. The van der Waals surface area contributed by atoms with Crippen molar-refractivity contribution in [2.24, 2.45) is 0 Å². The molecule has 2 aromatic heterocycles. The summed E-state index contributed by atoms with van der Waals surface area (Å²) in [6.45, 7) is 1.99. The minimum absolute atomic E-state index is 0.127. The number of hydrogen-bond acceptors (Lipinski definition) is 5. The molecule has 2 heterocycles. The van der Waals surface area contributed by atoms with Crippen LogP contribution in [0.5, 0.6) is 0 Å². The van der Waals surface area contributed by atoms with Crippen molar-refractivity contribution < 1.29 is 0 Å². The monoisotopic (exact) mass is 227 g/mol. The molecular weight excluding hydrogens is 214 g/mol. The molecule has 0 aliphatic rings. The van der Waals surface area contributed by atoms with Gasteiger partial charge >= 0.3 is 0 Å². The third kappa shape index (κ3) is 2.31. The number of nitrogens with zero attached hydrogens (tertiary/aromatic N) is 5. The molecule has 86 valence electrons. The molecule has 0 fully saturated rings. The van der Waals surface area contributed by atoms with E-state index in [2.05, 4.69) is 21.0 Å². The van der Waals surface area contributed by atoms with Crippen LogP contribution in [0.1, 0.15) is 13.3 Å². The zero-order valence-corrected chi connectivity index (χ0v) is 9.83. The first kappa shape index (κ1) is 11.3. The maximum absolute atomic E-state index is 8.68. The largest absolute Gasteiger partial charge is 0.356 e. The zero-order valence-electron chi connectivity index (χ0n) is 9.83. The number of aromatic nitrogens is 3. The standard InChI is InChI=1S/C12H13N5/c1-9(5-6-13)17(2)11-4-3-10-12(16-11)15-8-7-14-10/h3-4,7-9H,5H2,1-2H3. The lowest BCUT2D eigenvalue weighted by atomic mass is 10.2. The van der Waals surface area contributed by atoms with E-state index in [1.165, 1.54) is 0 Å². The van der Waals surface area contributed by atoms with Crippen molar-refractivity contribution in [3.05, 3.63) is 24.5 Å². The number of fused-ring (bicyclic) bond motifs is 1. The Kier molecular flexibility index (Phi) is 3.15. The fourth-order valence-corrected chi connectivity index (χ4v) is 1.54. The maximum Gasteiger partial charge on any atom is 0.180 e. The summed E-state index contributed by atoms with van der Waals surface area (Å²) < 4.78 is 0. The van der Waals surface area contributed by atoms with E-state index in [-0.39, 0.29) is 6.04 Å². The summed E-state index contributed by atoms with van der Waals surface area (Å²) in [5.74, 6) is 0.806. The highest BCUT2D eigenvalue weighted by Crippen LogP contribution is 2.16. The number of pyridine rings is 1. The van der Waals surface area contributed by atoms with Gasteiger partial charge in [0.2, 0.25) is 0 Å². The van der Waals surface area contributed by atoms with Gasteiger partial charge in [0.25, 0.3) is 0 Å². The van der Waals surface area contributed by atoms with Gasteiger partial charge in [-0.05, 0) is 19.1 Å². The second kappa shape index (κ2) is 4.74. The SMILES string of the molecule is CC(CC#N)N(C)c1ccc2nccnc2n1. The molecule has 1 atom stereocenters. The molecular formula is C12H13N5. The van der Waals surface area contributed by atoms with Crippen LogP contribution in [0.4, 0.5) is 5.82 Å². The smallest absolute Gasteiger partial charge is 0.180 e. The first-order valence-electron chi connectivity index (χ1n) is 5.40. The highest BCUT2D eigenvalue weighted by molar-refractivity contribution is 5.71. The van der Waals surface area contributed by atoms with Gasteiger partial charge in [0.15, 0.2) is 5.65 Å². The fourth-order valence-electron chi connectivity index (χ4n) is 1.54. The van der Waals surface area contributed by atoms with Crippen LogP contribution in [-0.4, -0.2) is 28.0 Å². The molecule has 0 radical (unpaired) electrons. The van der Waals surface area contributed by atoms with Crippen molar-refractivity contribution in [1.29, 1.82) is 5.26 Å². The van der Waals surface area contributed by atoms with E-state index in [1.807, 2.05) is 31.0 Å². The summed E-state index contributed by atoms with van der Waals surface area (Å²) in [7, 11) is 1.92. The molecule has 0 bridgehead atoms. The van der Waals surface area contributed by atoms with Crippen LogP contribution in [-0.2, 0) is 0 Å². The summed E-state index contributed by atoms with van der Waals surface area (Å²) in [6, 6.07) is 6.07. The van der Waals surface area contributed by atoms with E-state index in [4.69, 9.17) is 5.26 Å². The lowest BCUT2D eigenvalue weighted by Crippen LogP contribution is -2.29. The van der Waals surface area contributed by atoms with Gasteiger partial charge in [-0.15, -0.1) is 0 Å². The number of hydrogen-bond donors (Lipinski definition) is 0. The second-order valence-electron chi connectivity index (χ2n) is 3.89. The predicted octanol–water partition coefficient (Wildman–Crippen LogP) is 1.76. The first-order chi connectivity index (χ1) is 8.22.